The van der Waals surface area contributed by atoms with Crippen LogP contribution in [0.3, 0.4) is 0 Å². The van der Waals surface area contributed by atoms with Crippen LogP contribution < -0.4 is 0 Å². The van der Waals surface area contributed by atoms with Gasteiger partial charge in [-0.2, -0.15) is 0 Å². The number of aryl methyl sites for hydroxylation is 1. The summed E-state index contributed by atoms with van der Waals surface area (Å²) in [4.78, 5) is 15.0. The van der Waals surface area contributed by atoms with E-state index in [1.54, 1.807) is 0 Å². The summed E-state index contributed by atoms with van der Waals surface area (Å²) in [5.41, 5.74) is 3.19. The average Bonchev–Trinajstić information content (AvgIpc) is 3.03. The molecular formula is C18H25NO3. The molecule has 0 N–H and O–H groups in total. The second kappa shape index (κ2) is 7.36. The maximum absolute atomic E-state index is 12.6. The monoisotopic (exact) mass is 303 g/mol. The van der Waals surface area contributed by atoms with Crippen LogP contribution in [0.5, 0.6) is 0 Å². The summed E-state index contributed by atoms with van der Waals surface area (Å²) in [6, 6.07) is 6.30. The predicted molar refractivity (Wildman–Crippen MR) is 85.1 cm³/mol. The molecule has 0 aliphatic carbocycles. The van der Waals surface area contributed by atoms with Crippen molar-refractivity contribution in [3.8, 4) is 0 Å². The third-order valence-electron chi connectivity index (χ3n) is 4.61. The molecule has 1 aromatic carbocycles. The molecule has 22 heavy (non-hydrogen) atoms. The number of hydrogen-bond acceptors (Lipinski definition) is 4. The van der Waals surface area contributed by atoms with Crippen molar-refractivity contribution in [2.24, 2.45) is 5.92 Å². The fourth-order valence-electron chi connectivity index (χ4n) is 3.20. The number of benzene rings is 1. The quantitative estimate of drug-likeness (QED) is 0.783. The molecule has 4 nitrogen and oxygen atoms in total. The SMILES string of the molecule is Cc1ccc(CN2CCOCC2)cc1C(=O)C[C@@H]1CCOC1. The molecule has 120 valence electrons. The van der Waals surface area contributed by atoms with Crippen LogP contribution in [0.25, 0.3) is 0 Å². The van der Waals surface area contributed by atoms with Gasteiger partial charge in [-0.05, 0) is 36.5 Å². The first-order valence-corrected chi connectivity index (χ1v) is 8.23. The number of ether oxygens (including phenoxy) is 2. The Morgan fingerprint density at radius 1 is 1.23 bits per heavy atom. The van der Waals surface area contributed by atoms with Crippen LogP contribution in [0.2, 0.25) is 0 Å². The third-order valence-corrected chi connectivity index (χ3v) is 4.61. The van der Waals surface area contributed by atoms with Crippen LogP contribution in [0.4, 0.5) is 0 Å². The number of hydrogen-bond donors (Lipinski definition) is 0. The maximum atomic E-state index is 12.6. The van der Waals surface area contributed by atoms with E-state index in [1.165, 1.54) is 5.56 Å². The van der Waals surface area contributed by atoms with Gasteiger partial charge in [-0.25, -0.2) is 0 Å². The highest BCUT2D eigenvalue weighted by atomic mass is 16.5. The first-order valence-electron chi connectivity index (χ1n) is 8.23. The summed E-state index contributed by atoms with van der Waals surface area (Å²) in [5.74, 6) is 0.659. The molecule has 1 atom stereocenters. The van der Waals surface area contributed by atoms with Crippen LogP contribution in [-0.2, 0) is 16.0 Å². The summed E-state index contributed by atoms with van der Waals surface area (Å²) in [7, 11) is 0. The zero-order chi connectivity index (χ0) is 15.4. The summed E-state index contributed by atoms with van der Waals surface area (Å²) < 4.78 is 10.8. The van der Waals surface area contributed by atoms with Crippen molar-refractivity contribution < 1.29 is 14.3 Å². The Bertz CT molecular complexity index is 517. The molecule has 1 aromatic rings. The zero-order valence-corrected chi connectivity index (χ0v) is 13.3. The second-order valence-electron chi connectivity index (χ2n) is 6.39. The lowest BCUT2D eigenvalue weighted by Gasteiger charge is -2.26. The Hall–Kier alpha value is -1.23. The predicted octanol–water partition coefficient (Wildman–Crippen LogP) is 2.44. The molecule has 2 aliphatic heterocycles. The van der Waals surface area contributed by atoms with Crippen LogP contribution >= 0.6 is 0 Å². The summed E-state index contributed by atoms with van der Waals surface area (Å²) in [6.45, 7) is 8.01. The standard InChI is InChI=1S/C18H25NO3/c1-14-2-3-15(12-19-5-8-21-9-6-19)10-17(14)18(20)11-16-4-7-22-13-16/h2-3,10,16H,4-9,11-13H2,1H3/t16-/m0/s1. The van der Waals surface area contributed by atoms with E-state index in [0.717, 1.165) is 63.6 Å². The second-order valence-corrected chi connectivity index (χ2v) is 6.39. The number of morpholine rings is 1. The van der Waals surface area contributed by atoms with Gasteiger partial charge in [0.1, 0.15) is 0 Å². The Morgan fingerprint density at radius 3 is 2.77 bits per heavy atom. The minimum Gasteiger partial charge on any atom is -0.381 e. The molecule has 0 aromatic heterocycles. The highest BCUT2D eigenvalue weighted by molar-refractivity contribution is 5.97. The van der Waals surface area contributed by atoms with Crippen molar-refractivity contribution in [3.05, 3.63) is 34.9 Å². The van der Waals surface area contributed by atoms with Crippen LogP contribution in [0.1, 0.15) is 34.3 Å². The average molecular weight is 303 g/mol. The Balaban J connectivity index is 1.67. The number of ketones is 1. The smallest absolute Gasteiger partial charge is 0.163 e. The lowest BCUT2D eigenvalue weighted by Crippen LogP contribution is -2.35. The summed E-state index contributed by atoms with van der Waals surface area (Å²) in [5, 5.41) is 0. The number of carbonyl (C=O) groups excluding carboxylic acids is 1. The van der Waals surface area contributed by atoms with Crippen molar-refractivity contribution in [1.82, 2.24) is 4.90 Å². The Kier molecular flexibility index (Phi) is 5.24. The van der Waals surface area contributed by atoms with Gasteiger partial charge in [-0.15, -0.1) is 0 Å². The fourth-order valence-corrected chi connectivity index (χ4v) is 3.20. The van der Waals surface area contributed by atoms with E-state index in [9.17, 15) is 4.79 Å². The van der Waals surface area contributed by atoms with Gasteiger partial charge in [0.2, 0.25) is 0 Å². The summed E-state index contributed by atoms with van der Waals surface area (Å²) in [6.07, 6.45) is 1.63. The van der Waals surface area contributed by atoms with Gasteiger partial charge in [-0.3, -0.25) is 9.69 Å². The highest BCUT2D eigenvalue weighted by Crippen LogP contribution is 2.22. The van der Waals surface area contributed by atoms with Gasteiger partial charge in [0.15, 0.2) is 5.78 Å². The van der Waals surface area contributed by atoms with Crippen molar-refractivity contribution in [2.45, 2.75) is 26.3 Å². The minimum absolute atomic E-state index is 0.261. The van der Waals surface area contributed by atoms with Gasteiger partial charge in [0, 0.05) is 44.8 Å². The van der Waals surface area contributed by atoms with Gasteiger partial charge < -0.3 is 9.47 Å². The van der Waals surface area contributed by atoms with E-state index < -0.39 is 0 Å². The van der Waals surface area contributed by atoms with Crippen molar-refractivity contribution in [1.29, 1.82) is 0 Å². The van der Waals surface area contributed by atoms with E-state index in [4.69, 9.17) is 9.47 Å². The maximum Gasteiger partial charge on any atom is 0.163 e. The lowest BCUT2D eigenvalue weighted by molar-refractivity contribution is 0.0342. The number of nitrogens with zero attached hydrogens (tertiary/aromatic N) is 1. The minimum atomic E-state index is 0.261. The molecule has 2 heterocycles. The number of Topliss-reactive ketones (excluding diaryl/α,β-unsaturated/α-hetero) is 1. The Labute approximate surface area is 132 Å². The van der Waals surface area contributed by atoms with Crippen molar-refractivity contribution in [2.75, 3.05) is 39.5 Å². The third kappa shape index (κ3) is 3.94. The molecule has 3 rings (SSSR count). The lowest BCUT2D eigenvalue weighted by atomic mass is 9.94. The van der Waals surface area contributed by atoms with Crippen molar-refractivity contribution in [3.63, 3.8) is 0 Å². The van der Waals surface area contributed by atoms with Gasteiger partial charge >= 0.3 is 0 Å². The van der Waals surface area contributed by atoms with Gasteiger partial charge in [0.25, 0.3) is 0 Å². The Morgan fingerprint density at radius 2 is 2.05 bits per heavy atom. The van der Waals surface area contributed by atoms with E-state index in [2.05, 4.69) is 23.1 Å². The molecular weight excluding hydrogens is 278 g/mol. The molecule has 0 saturated carbocycles. The van der Waals surface area contributed by atoms with Gasteiger partial charge in [-0.1, -0.05) is 12.1 Å². The molecule has 0 radical (unpaired) electrons. The number of carbonyl (C=O) groups is 1. The zero-order valence-electron chi connectivity index (χ0n) is 13.3. The van der Waals surface area contributed by atoms with E-state index in [-0.39, 0.29) is 5.78 Å². The molecule has 0 bridgehead atoms. The van der Waals surface area contributed by atoms with Gasteiger partial charge in [0.05, 0.1) is 13.2 Å². The van der Waals surface area contributed by atoms with Crippen LogP contribution in [-0.4, -0.2) is 50.2 Å². The molecule has 2 saturated heterocycles. The van der Waals surface area contributed by atoms with E-state index in [0.29, 0.717) is 12.3 Å². The van der Waals surface area contributed by atoms with E-state index in [1.807, 2.05) is 6.92 Å². The normalized spacial score (nSPS) is 22.9. The molecule has 2 aliphatic rings. The molecule has 2 fully saturated rings. The molecule has 0 unspecified atom stereocenters. The fraction of sp³-hybridized carbons (Fsp3) is 0.611. The largest absolute Gasteiger partial charge is 0.381 e. The van der Waals surface area contributed by atoms with E-state index >= 15 is 0 Å². The van der Waals surface area contributed by atoms with Crippen LogP contribution in [0.15, 0.2) is 18.2 Å². The summed E-state index contributed by atoms with van der Waals surface area (Å²) >= 11 is 0. The number of rotatable bonds is 5. The van der Waals surface area contributed by atoms with Crippen molar-refractivity contribution >= 4 is 5.78 Å². The van der Waals surface area contributed by atoms with Crippen LogP contribution in [0, 0.1) is 12.8 Å². The molecule has 0 amide bonds. The topological polar surface area (TPSA) is 38.8 Å². The molecule has 4 heteroatoms. The first-order chi connectivity index (χ1) is 10.7. The first kappa shape index (κ1) is 15.7. The highest BCUT2D eigenvalue weighted by Gasteiger charge is 2.21. The molecule has 0 spiro atoms.